The van der Waals surface area contributed by atoms with Crippen molar-refractivity contribution >= 4 is 34.5 Å². The molecular formula is C9H5Cl2NS. The van der Waals surface area contributed by atoms with E-state index < -0.39 is 0 Å². The van der Waals surface area contributed by atoms with Gasteiger partial charge >= 0.3 is 0 Å². The Kier molecular flexibility index (Phi) is 2.54. The molecule has 4 heteroatoms. The lowest BCUT2D eigenvalue weighted by atomic mass is 10.2. The van der Waals surface area contributed by atoms with Crippen LogP contribution in [-0.4, -0.2) is 4.98 Å². The van der Waals surface area contributed by atoms with Crippen molar-refractivity contribution in [2.24, 2.45) is 0 Å². The van der Waals surface area contributed by atoms with Gasteiger partial charge in [-0.15, -0.1) is 11.3 Å². The molecule has 0 aliphatic carbocycles. The average molecular weight is 230 g/mol. The average Bonchev–Trinajstić information content (AvgIpc) is 2.52. The third kappa shape index (κ3) is 2.02. The highest BCUT2D eigenvalue weighted by Crippen LogP contribution is 2.29. The first-order valence-electron chi connectivity index (χ1n) is 3.63. The summed E-state index contributed by atoms with van der Waals surface area (Å²) in [6, 6.07) is 7.56. The topological polar surface area (TPSA) is 12.9 Å². The third-order valence-electron chi connectivity index (χ3n) is 1.55. The predicted molar refractivity (Wildman–Crippen MR) is 57.6 cm³/mol. The van der Waals surface area contributed by atoms with Gasteiger partial charge in [0.1, 0.15) is 9.34 Å². The summed E-state index contributed by atoms with van der Waals surface area (Å²) < 4.78 is 0.690. The molecular weight excluding hydrogens is 225 g/mol. The maximum atomic E-state index is 5.85. The van der Waals surface area contributed by atoms with Crippen molar-refractivity contribution in [1.29, 1.82) is 0 Å². The van der Waals surface area contributed by atoms with Crippen LogP contribution in [-0.2, 0) is 0 Å². The van der Waals surface area contributed by atoms with Crippen molar-refractivity contribution in [2.45, 2.75) is 0 Å². The number of aromatic nitrogens is 1. The molecule has 1 nitrogen and oxygen atoms in total. The molecule has 0 atom stereocenters. The summed E-state index contributed by atoms with van der Waals surface area (Å²) in [6.45, 7) is 0. The van der Waals surface area contributed by atoms with Crippen LogP contribution in [0.3, 0.4) is 0 Å². The lowest BCUT2D eigenvalue weighted by molar-refractivity contribution is 1.41. The Morgan fingerprint density at radius 2 is 2.08 bits per heavy atom. The molecule has 1 heterocycles. The Balaban J connectivity index is 2.46. The van der Waals surface area contributed by atoms with Gasteiger partial charge in [-0.05, 0) is 12.1 Å². The molecule has 0 saturated heterocycles. The van der Waals surface area contributed by atoms with E-state index in [1.807, 2.05) is 24.3 Å². The van der Waals surface area contributed by atoms with Crippen LogP contribution in [0.4, 0.5) is 0 Å². The highest BCUT2D eigenvalue weighted by molar-refractivity contribution is 7.18. The second-order valence-corrected chi connectivity index (χ2v) is 4.58. The molecule has 1 aromatic heterocycles. The van der Waals surface area contributed by atoms with E-state index in [4.69, 9.17) is 23.2 Å². The van der Waals surface area contributed by atoms with Crippen LogP contribution in [0, 0.1) is 0 Å². The second-order valence-electron chi connectivity index (χ2n) is 2.48. The van der Waals surface area contributed by atoms with Gasteiger partial charge in [-0.3, -0.25) is 0 Å². The highest BCUT2D eigenvalue weighted by atomic mass is 35.5. The number of nitrogens with zero attached hydrogens (tertiary/aromatic N) is 1. The van der Waals surface area contributed by atoms with E-state index in [1.54, 1.807) is 6.20 Å². The Labute approximate surface area is 90.0 Å². The quantitative estimate of drug-likeness (QED) is 0.718. The fraction of sp³-hybridized carbons (Fsp3) is 0. The second kappa shape index (κ2) is 3.66. The molecule has 0 amide bonds. The maximum absolute atomic E-state index is 5.85. The first-order chi connectivity index (χ1) is 6.25. The number of hydrogen-bond donors (Lipinski definition) is 0. The van der Waals surface area contributed by atoms with Crippen LogP contribution in [0.25, 0.3) is 10.6 Å². The van der Waals surface area contributed by atoms with Gasteiger partial charge in [-0.1, -0.05) is 35.3 Å². The van der Waals surface area contributed by atoms with Crippen molar-refractivity contribution in [3.8, 4) is 10.6 Å². The number of rotatable bonds is 1. The Bertz CT molecular complexity index is 425. The van der Waals surface area contributed by atoms with E-state index >= 15 is 0 Å². The van der Waals surface area contributed by atoms with Gasteiger partial charge in [-0.25, -0.2) is 4.98 Å². The van der Waals surface area contributed by atoms with Gasteiger partial charge in [0.15, 0.2) is 0 Å². The molecule has 2 aromatic rings. The minimum Gasteiger partial charge on any atom is -0.243 e. The molecule has 0 spiro atoms. The van der Waals surface area contributed by atoms with Gasteiger partial charge in [-0.2, -0.15) is 0 Å². The normalized spacial score (nSPS) is 10.3. The van der Waals surface area contributed by atoms with Gasteiger partial charge in [0.05, 0.1) is 6.20 Å². The van der Waals surface area contributed by atoms with Crippen LogP contribution in [0.5, 0.6) is 0 Å². The van der Waals surface area contributed by atoms with Crippen molar-refractivity contribution in [3.05, 3.63) is 39.8 Å². The Morgan fingerprint density at radius 3 is 2.69 bits per heavy atom. The molecule has 1 aromatic carbocycles. The van der Waals surface area contributed by atoms with Gasteiger partial charge in [0.25, 0.3) is 0 Å². The zero-order valence-electron chi connectivity index (χ0n) is 6.50. The summed E-state index contributed by atoms with van der Waals surface area (Å²) in [5, 5.41) is 1.61. The minimum atomic E-state index is 0.690. The minimum absolute atomic E-state index is 0.690. The summed E-state index contributed by atoms with van der Waals surface area (Å²) in [7, 11) is 0. The molecule has 0 radical (unpaired) electrons. The van der Waals surface area contributed by atoms with E-state index in [2.05, 4.69) is 4.98 Å². The van der Waals surface area contributed by atoms with Gasteiger partial charge in [0.2, 0.25) is 0 Å². The summed E-state index contributed by atoms with van der Waals surface area (Å²) in [5.41, 5.74) is 1.00. The first kappa shape index (κ1) is 9.00. The maximum Gasteiger partial charge on any atom is 0.124 e. The summed E-state index contributed by atoms with van der Waals surface area (Å²) in [5.74, 6) is 0. The van der Waals surface area contributed by atoms with Crippen LogP contribution < -0.4 is 0 Å². The fourth-order valence-electron chi connectivity index (χ4n) is 1.01. The number of thiazole rings is 1. The predicted octanol–water partition coefficient (Wildman–Crippen LogP) is 4.12. The standard InChI is InChI=1S/C9H5Cl2NS/c10-7-3-1-2-6(4-7)9-12-5-8(11)13-9/h1-5H. The monoisotopic (exact) mass is 229 g/mol. The summed E-state index contributed by atoms with van der Waals surface area (Å²) in [4.78, 5) is 4.16. The molecule has 66 valence electrons. The largest absolute Gasteiger partial charge is 0.243 e. The van der Waals surface area contributed by atoms with Crippen LogP contribution in [0.1, 0.15) is 0 Å². The molecule has 0 fully saturated rings. The van der Waals surface area contributed by atoms with E-state index in [-0.39, 0.29) is 0 Å². The van der Waals surface area contributed by atoms with E-state index in [9.17, 15) is 0 Å². The first-order valence-corrected chi connectivity index (χ1v) is 5.20. The van der Waals surface area contributed by atoms with Gasteiger partial charge in [0, 0.05) is 10.6 Å². The molecule has 0 unspecified atom stereocenters. The smallest absolute Gasteiger partial charge is 0.124 e. The van der Waals surface area contributed by atoms with E-state index in [0.29, 0.717) is 9.36 Å². The fourth-order valence-corrected chi connectivity index (χ4v) is 2.11. The summed E-state index contributed by atoms with van der Waals surface area (Å²) in [6.07, 6.45) is 1.64. The van der Waals surface area contributed by atoms with Gasteiger partial charge < -0.3 is 0 Å². The molecule has 0 bridgehead atoms. The summed E-state index contributed by atoms with van der Waals surface area (Å²) >= 11 is 13.1. The molecule has 0 aliphatic rings. The highest BCUT2D eigenvalue weighted by Gasteiger charge is 2.02. The number of hydrogen-bond acceptors (Lipinski definition) is 2. The van der Waals surface area contributed by atoms with Crippen molar-refractivity contribution in [3.63, 3.8) is 0 Å². The lowest BCUT2D eigenvalue weighted by Gasteiger charge is -1.95. The molecule has 0 saturated carbocycles. The van der Waals surface area contributed by atoms with Crippen molar-refractivity contribution < 1.29 is 0 Å². The van der Waals surface area contributed by atoms with Crippen molar-refractivity contribution in [2.75, 3.05) is 0 Å². The van der Waals surface area contributed by atoms with E-state index in [0.717, 1.165) is 10.6 Å². The third-order valence-corrected chi connectivity index (χ3v) is 2.95. The SMILES string of the molecule is Clc1cccc(-c2ncc(Cl)s2)c1. The zero-order chi connectivity index (χ0) is 9.26. The molecule has 0 aliphatic heterocycles. The Morgan fingerprint density at radius 1 is 1.23 bits per heavy atom. The van der Waals surface area contributed by atoms with Crippen molar-refractivity contribution in [1.82, 2.24) is 4.98 Å². The Hall–Kier alpha value is -0.570. The number of benzene rings is 1. The molecule has 2 rings (SSSR count). The number of halogens is 2. The lowest BCUT2D eigenvalue weighted by Crippen LogP contribution is -1.73. The van der Waals surface area contributed by atoms with E-state index in [1.165, 1.54) is 11.3 Å². The molecule has 13 heavy (non-hydrogen) atoms. The van der Waals surface area contributed by atoms with Crippen LogP contribution >= 0.6 is 34.5 Å². The zero-order valence-corrected chi connectivity index (χ0v) is 8.83. The van der Waals surface area contributed by atoms with Crippen LogP contribution in [0.15, 0.2) is 30.5 Å². The molecule has 0 N–H and O–H groups in total. The van der Waals surface area contributed by atoms with Crippen LogP contribution in [0.2, 0.25) is 9.36 Å².